The van der Waals surface area contributed by atoms with Crippen molar-refractivity contribution in [2.75, 3.05) is 13.1 Å². The highest BCUT2D eigenvalue weighted by Gasteiger charge is 2.49. The molecule has 27 heavy (non-hydrogen) atoms. The second-order valence-electron chi connectivity index (χ2n) is 7.32. The summed E-state index contributed by atoms with van der Waals surface area (Å²) in [6.45, 7) is 4.04. The number of aliphatic carboxylic acids is 1. The van der Waals surface area contributed by atoms with E-state index in [9.17, 15) is 19.8 Å². The minimum atomic E-state index is -1.28. The van der Waals surface area contributed by atoms with Crippen molar-refractivity contribution in [1.82, 2.24) is 15.1 Å². The Morgan fingerprint density at radius 3 is 2.56 bits per heavy atom. The maximum absolute atomic E-state index is 12.7. The van der Waals surface area contributed by atoms with Gasteiger partial charge in [0.1, 0.15) is 5.41 Å². The number of aliphatic hydroxyl groups is 1. The number of β-amino-alcohol motifs (C(OH)–C–C–N with tert-alkyl or cyclic N) is 1. The van der Waals surface area contributed by atoms with E-state index in [2.05, 4.69) is 10.2 Å². The van der Waals surface area contributed by atoms with E-state index in [1.54, 1.807) is 4.90 Å². The Hall–Kier alpha value is -2.67. The Kier molecular flexibility index (Phi) is 5.32. The number of likely N-dealkylation sites (tertiary alicyclic amines) is 1. The average molecular weight is 371 g/mol. The van der Waals surface area contributed by atoms with E-state index in [1.165, 1.54) is 0 Å². The Balaban J connectivity index is 1.73. The molecule has 2 heterocycles. The van der Waals surface area contributed by atoms with Gasteiger partial charge >= 0.3 is 5.97 Å². The van der Waals surface area contributed by atoms with Crippen molar-refractivity contribution >= 4 is 11.9 Å². The van der Waals surface area contributed by atoms with Gasteiger partial charge in [-0.25, -0.2) is 0 Å². The minimum absolute atomic E-state index is 0.0217. The van der Waals surface area contributed by atoms with Crippen molar-refractivity contribution in [3.8, 4) is 0 Å². The third-order valence-corrected chi connectivity index (χ3v) is 5.61. The lowest BCUT2D eigenvalue weighted by Gasteiger charge is -2.43. The highest BCUT2D eigenvalue weighted by atomic mass is 16.4. The number of rotatable bonds is 5. The zero-order chi connectivity index (χ0) is 19.6. The molecule has 1 aliphatic rings. The fourth-order valence-electron chi connectivity index (χ4n) is 3.79. The average Bonchev–Trinajstić information content (AvgIpc) is 2.96. The molecule has 144 valence electrons. The fourth-order valence-corrected chi connectivity index (χ4v) is 3.79. The van der Waals surface area contributed by atoms with E-state index in [0.29, 0.717) is 6.54 Å². The molecule has 0 aliphatic carbocycles. The number of carboxylic acid groups (broad SMARTS) is 1. The molecule has 0 spiro atoms. The van der Waals surface area contributed by atoms with Crippen LogP contribution in [-0.4, -0.2) is 56.4 Å². The summed E-state index contributed by atoms with van der Waals surface area (Å²) in [7, 11) is 0. The molecule has 1 amide bonds. The van der Waals surface area contributed by atoms with Crippen LogP contribution in [0, 0.1) is 19.3 Å². The SMILES string of the molecule is Cc1n[nH]c(C)c1CC(=O)N1CC[C@](Cc2ccccc2)(C(=O)O)[C@@H](O)C1. The van der Waals surface area contributed by atoms with Crippen LogP contribution in [0.5, 0.6) is 0 Å². The van der Waals surface area contributed by atoms with Gasteiger partial charge in [-0.05, 0) is 32.3 Å². The third-order valence-electron chi connectivity index (χ3n) is 5.61. The van der Waals surface area contributed by atoms with Crippen molar-refractivity contribution in [3.05, 3.63) is 52.8 Å². The number of benzene rings is 1. The largest absolute Gasteiger partial charge is 0.481 e. The zero-order valence-electron chi connectivity index (χ0n) is 15.6. The standard InChI is InChI=1S/C20H25N3O4/c1-13-16(14(2)22-21-13)10-18(25)23-9-8-20(19(26)27,17(24)12-23)11-15-6-4-3-5-7-15/h3-7,17,24H,8-12H2,1-2H3,(H,21,22)(H,26,27)/t17-,20+/m0/s1. The molecule has 3 N–H and O–H groups in total. The molecule has 0 saturated carbocycles. The van der Waals surface area contributed by atoms with Crippen LogP contribution in [0.4, 0.5) is 0 Å². The highest BCUT2D eigenvalue weighted by molar-refractivity contribution is 5.81. The summed E-state index contributed by atoms with van der Waals surface area (Å²) in [6.07, 6.45) is -0.473. The smallest absolute Gasteiger partial charge is 0.312 e. The number of hydrogen-bond acceptors (Lipinski definition) is 4. The molecule has 0 unspecified atom stereocenters. The van der Waals surface area contributed by atoms with Gasteiger partial charge in [0, 0.05) is 24.3 Å². The number of carboxylic acids is 1. The van der Waals surface area contributed by atoms with Crippen molar-refractivity contribution in [2.24, 2.45) is 5.41 Å². The van der Waals surface area contributed by atoms with Crippen LogP contribution in [0.2, 0.25) is 0 Å². The van der Waals surface area contributed by atoms with Crippen molar-refractivity contribution in [3.63, 3.8) is 0 Å². The van der Waals surface area contributed by atoms with Gasteiger partial charge in [-0.1, -0.05) is 30.3 Å². The molecule has 1 fully saturated rings. The van der Waals surface area contributed by atoms with E-state index in [-0.39, 0.29) is 31.7 Å². The number of piperidine rings is 1. The van der Waals surface area contributed by atoms with E-state index in [0.717, 1.165) is 22.5 Å². The second kappa shape index (κ2) is 7.52. The summed E-state index contributed by atoms with van der Waals surface area (Å²) in [5, 5.41) is 27.5. The van der Waals surface area contributed by atoms with Gasteiger partial charge in [0.05, 0.1) is 18.2 Å². The number of carbonyl (C=O) groups is 2. The Morgan fingerprint density at radius 1 is 1.30 bits per heavy atom. The molecule has 1 aromatic carbocycles. The predicted molar refractivity (Wildman–Crippen MR) is 99.2 cm³/mol. The molecule has 1 saturated heterocycles. The number of carbonyl (C=O) groups excluding carboxylic acids is 1. The molecule has 2 aromatic rings. The van der Waals surface area contributed by atoms with E-state index >= 15 is 0 Å². The number of hydrogen-bond donors (Lipinski definition) is 3. The van der Waals surface area contributed by atoms with Gasteiger partial charge in [0.25, 0.3) is 0 Å². The topological polar surface area (TPSA) is 107 Å². The quantitative estimate of drug-likeness (QED) is 0.738. The van der Waals surface area contributed by atoms with Crippen LogP contribution in [0.1, 0.15) is 28.9 Å². The van der Waals surface area contributed by atoms with Gasteiger partial charge in [-0.2, -0.15) is 5.10 Å². The molecule has 3 rings (SSSR count). The first kappa shape index (κ1) is 19.1. The van der Waals surface area contributed by atoms with Gasteiger partial charge in [0.15, 0.2) is 0 Å². The predicted octanol–water partition coefficient (Wildman–Crippen LogP) is 1.48. The summed E-state index contributed by atoms with van der Waals surface area (Å²) in [5.41, 5.74) is 2.07. The van der Waals surface area contributed by atoms with Gasteiger partial charge in [-0.15, -0.1) is 0 Å². The molecular formula is C20H25N3O4. The van der Waals surface area contributed by atoms with E-state index in [1.807, 2.05) is 44.2 Å². The Morgan fingerprint density at radius 2 is 2.00 bits per heavy atom. The number of amides is 1. The minimum Gasteiger partial charge on any atom is -0.481 e. The van der Waals surface area contributed by atoms with Crippen LogP contribution in [-0.2, 0) is 22.4 Å². The van der Waals surface area contributed by atoms with Crippen molar-refractivity contribution < 1.29 is 19.8 Å². The lowest BCUT2D eigenvalue weighted by atomic mass is 9.71. The van der Waals surface area contributed by atoms with Crippen LogP contribution in [0.3, 0.4) is 0 Å². The van der Waals surface area contributed by atoms with Crippen LogP contribution < -0.4 is 0 Å². The summed E-state index contributed by atoms with van der Waals surface area (Å²) in [4.78, 5) is 26.3. The van der Waals surface area contributed by atoms with Gasteiger partial charge in [-0.3, -0.25) is 14.7 Å². The van der Waals surface area contributed by atoms with Crippen LogP contribution >= 0.6 is 0 Å². The summed E-state index contributed by atoms with van der Waals surface area (Å²) >= 11 is 0. The molecular weight excluding hydrogens is 346 g/mol. The number of nitrogens with zero attached hydrogens (tertiary/aromatic N) is 2. The lowest BCUT2D eigenvalue weighted by Crippen LogP contribution is -2.57. The van der Waals surface area contributed by atoms with Gasteiger partial charge < -0.3 is 15.1 Å². The van der Waals surface area contributed by atoms with E-state index in [4.69, 9.17) is 0 Å². The molecule has 1 aromatic heterocycles. The first-order chi connectivity index (χ1) is 12.8. The fraction of sp³-hybridized carbons (Fsp3) is 0.450. The summed E-state index contributed by atoms with van der Waals surface area (Å²) < 4.78 is 0. The summed E-state index contributed by atoms with van der Waals surface area (Å²) in [6, 6.07) is 9.30. The Labute approximate surface area is 158 Å². The highest BCUT2D eigenvalue weighted by Crippen LogP contribution is 2.36. The summed E-state index contributed by atoms with van der Waals surface area (Å²) in [5.74, 6) is -1.15. The van der Waals surface area contributed by atoms with Crippen molar-refractivity contribution in [1.29, 1.82) is 0 Å². The zero-order valence-corrected chi connectivity index (χ0v) is 15.6. The first-order valence-corrected chi connectivity index (χ1v) is 9.07. The number of aromatic amines is 1. The number of nitrogens with one attached hydrogen (secondary N) is 1. The maximum Gasteiger partial charge on any atom is 0.312 e. The number of aromatic nitrogens is 2. The van der Waals surface area contributed by atoms with Crippen molar-refractivity contribution in [2.45, 2.75) is 39.2 Å². The normalized spacial score (nSPS) is 22.6. The number of H-pyrrole nitrogens is 1. The van der Waals surface area contributed by atoms with E-state index < -0.39 is 17.5 Å². The molecule has 7 nitrogen and oxygen atoms in total. The monoisotopic (exact) mass is 371 g/mol. The number of aryl methyl sites for hydroxylation is 2. The maximum atomic E-state index is 12.7. The lowest BCUT2D eigenvalue weighted by molar-refractivity contribution is -0.165. The first-order valence-electron chi connectivity index (χ1n) is 9.07. The molecule has 0 radical (unpaired) electrons. The van der Waals surface area contributed by atoms with Gasteiger partial charge in [0.2, 0.25) is 5.91 Å². The van der Waals surface area contributed by atoms with Crippen LogP contribution in [0.25, 0.3) is 0 Å². The molecule has 2 atom stereocenters. The molecule has 7 heteroatoms. The molecule has 0 bridgehead atoms. The second-order valence-corrected chi connectivity index (χ2v) is 7.32. The Bertz CT molecular complexity index is 814. The number of aliphatic hydroxyl groups excluding tert-OH is 1. The third kappa shape index (κ3) is 3.73. The molecule has 1 aliphatic heterocycles. The van der Waals surface area contributed by atoms with Crippen LogP contribution in [0.15, 0.2) is 30.3 Å².